The topological polar surface area (TPSA) is 34.4 Å². The lowest BCUT2D eigenvalue weighted by Crippen LogP contribution is -2.35. The summed E-state index contributed by atoms with van der Waals surface area (Å²) in [7, 11) is 0. The molecule has 114 valence electrons. The van der Waals surface area contributed by atoms with E-state index in [2.05, 4.69) is 26.1 Å². The molecule has 0 fully saturated rings. The number of hydrogen-bond acceptors (Lipinski definition) is 3. The number of rotatable bonds is 6. The van der Waals surface area contributed by atoms with Gasteiger partial charge < -0.3 is 14.5 Å². The third-order valence-electron chi connectivity index (χ3n) is 3.06. The molecule has 1 aromatic heterocycles. The minimum Gasteiger partial charge on any atom is -0.468 e. The van der Waals surface area contributed by atoms with Crippen LogP contribution < -0.4 is 5.32 Å². The largest absolute Gasteiger partial charge is 0.468 e. The molecule has 2 aromatic rings. The zero-order valence-electron chi connectivity index (χ0n) is 12.8. The van der Waals surface area contributed by atoms with Crippen LogP contribution >= 0.6 is 11.6 Å². The average molecular weight is 308 g/mol. The summed E-state index contributed by atoms with van der Waals surface area (Å²) in [5, 5.41) is 4.15. The Hall–Kier alpha value is -1.29. The maximum absolute atomic E-state index is 5.86. The Balaban J connectivity index is 1.83. The Bertz CT molecular complexity index is 555. The molecule has 0 unspecified atom stereocenters. The van der Waals surface area contributed by atoms with E-state index in [1.165, 1.54) is 0 Å². The maximum Gasteiger partial charge on any atom is 0.123 e. The van der Waals surface area contributed by atoms with E-state index in [0.29, 0.717) is 19.8 Å². The highest BCUT2D eigenvalue weighted by Gasteiger charge is 2.12. The van der Waals surface area contributed by atoms with Crippen molar-refractivity contribution in [2.24, 2.45) is 0 Å². The van der Waals surface area contributed by atoms with Gasteiger partial charge in [-0.2, -0.15) is 0 Å². The predicted molar refractivity (Wildman–Crippen MR) is 85.2 cm³/mol. The first-order valence-corrected chi connectivity index (χ1v) is 7.44. The number of hydrogen-bond donors (Lipinski definition) is 1. The quantitative estimate of drug-likeness (QED) is 0.851. The minimum absolute atomic E-state index is 0.0637. The molecule has 21 heavy (non-hydrogen) atoms. The van der Waals surface area contributed by atoms with Gasteiger partial charge in [-0.15, -0.1) is 0 Å². The lowest BCUT2D eigenvalue weighted by molar-refractivity contribution is 0.105. The summed E-state index contributed by atoms with van der Waals surface area (Å²) in [6.07, 6.45) is 1.71. The van der Waals surface area contributed by atoms with Crippen LogP contribution in [0.1, 0.15) is 37.7 Å². The first-order valence-electron chi connectivity index (χ1n) is 7.06. The van der Waals surface area contributed by atoms with Crippen LogP contribution in [0.4, 0.5) is 0 Å². The average Bonchev–Trinajstić information content (AvgIpc) is 2.86. The van der Waals surface area contributed by atoms with E-state index in [0.717, 1.165) is 21.9 Å². The lowest BCUT2D eigenvalue weighted by atomic mass is 10.1. The van der Waals surface area contributed by atoms with E-state index < -0.39 is 0 Å². The summed E-state index contributed by atoms with van der Waals surface area (Å²) in [5.74, 6) is 0.932. The molecule has 0 saturated heterocycles. The van der Waals surface area contributed by atoms with Gasteiger partial charge in [-0.25, -0.2) is 0 Å². The molecule has 0 aliphatic rings. The number of benzene rings is 1. The standard InChI is InChI=1S/C17H22ClNO2/c1-17(2,3)19-10-16-14(8-9-21-16)12-20-11-13-4-6-15(18)7-5-13/h4-9,19H,10-12H2,1-3H3. The zero-order valence-corrected chi connectivity index (χ0v) is 13.5. The molecule has 2 rings (SSSR count). The molecule has 0 spiro atoms. The van der Waals surface area contributed by atoms with Crippen molar-refractivity contribution >= 4 is 11.6 Å². The highest BCUT2D eigenvalue weighted by molar-refractivity contribution is 6.30. The van der Waals surface area contributed by atoms with Crippen molar-refractivity contribution < 1.29 is 9.15 Å². The van der Waals surface area contributed by atoms with Crippen LogP contribution in [0.2, 0.25) is 5.02 Å². The molecule has 0 aliphatic heterocycles. The fraction of sp³-hybridized carbons (Fsp3) is 0.412. The molecular formula is C17H22ClNO2. The summed E-state index contributed by atoms with van der Waals surface area (Å²) in [4.78, 5) is 0. The third-order valence-corrected chi connectivity index (χ3v) is 3.31. The van der Waals surface area contributed by atoms with Gasteiger partial charge in [-0.3, -0.25) is 0 Å². The molecule has 0 aliphatic carbocycles. The van der Waals surface area contributed by atoms with Crippen LogP contribution in [0, 0.1) is 0 Å². The molecule has 0 amide bonds. The van der Waals surface area contributed by atoms with Gasteiger partial charge in [0, 0.05) is 16.1 Å². The van der Waals surface area contributed by atoms with Gasteiger partial charge in [0.25, 0.3) is 0 Å². The lowest BCUT2D eigenvalue weighted by Gasteiger charge is -2.20. The van der Waals surface area contributed by atoms with Crippen molar-refractivity contribution in [3.05, 3.63) is 58.5 Å². The van der Waals surface area contributed by atoms with E-state index >= 15 is 0 Å². The molecule has 3 nitrogen and oxygen atoms in total. The highest BCUT2D eigenvalue weighted by atomic mass is 35.5. The molecule has 0 atom stereocenters. The van der Waals surface area contributed by atoms with Gasteiger partial charge in [0.2, 0.25) is 0 Å². The Morgan fingerprint density at radius 1 is 1.10 bits per heavy atom. The van der Waals surface area contributed by atoms with Crippen LogP contribution in [-0.4, -0.2) is 5.54 Å². The van der Waals surface area contributed by atoms with Crippen LogP contribution in [0.3, 0.4) is 0 Å². The Morgan fingerprint density at radius 3 is 2.48 bits per heavy atom. The molecule has 4 heteroatoms. The van der Waals surface area contributed by atoms with Gasteiger partial charge in [0.15, 0.2) is 0 Å². The predicted octanol–water partition coefficient (Wildman–Crippen LogP) is 4.54. The number of nitrogens with one attached hydrogen (secondary N) is 1. The van der Waals surface area contributed by atoms with E-state index in [1.807, 2.05) is 30.3 Å². The van der Waals surface area contributed by atoms with Crippen molar-refractivity contribution in [1.29, 1.82) is 0 Å². The molecule has 1 aromatic carbocycles. The first kappa shape index (κ1) is 16.1. The molecule has 0 radical (unpaired) electrons. The Kier molecular flexibility index (Phi) is 5.45. The maximum atomic E-state index is 5.86. The zero-order chi connectivity index (χ0) is 15.3. The second kappa shape index (κ2) is 7.12. The second-order valence-electron chi connectivity index (χ2n) is 6.09. The van der Waals surface area contributed by atoms with Gasteiger partial charge in [0.1, 0.15) is 5.76 Å². The van der Waals surface area contributed by atoms with Crippen molar-refractivity contribution in [2.45, 2.75) is 46.1 Å². The summed E-state index contributed by atoms with van der Waals surface area (Å²) in [6.45, 7) is 8.21. The SMILES string of the molecule is CC(C)(C)NCc1occc1COCc1ccc(Cl)cc1. The fourth-order valence-corrected chi connectivity index (χ4v) is 1.98. The van der Waals surface area contributed by atoms with Gasteiger partial charge >= 0.3 is 0 Å². The van der Waals surface area contributed by atoms with Gasteiger partial charge in [0.05, 0.1) is 26.0 Å². The van der Waals surface area contributed by atoms with Crippen molar-refractivity contribution in [2.75, 3.05) is 0 Å². The van der Waals surface area contributed by atoms with Crippen LogP contribution in [0.15, 0.2) is 41.0 Å². The Morgan fingerprint density at radius 2 is 1.81 bits per heavy atom. The smallest absolute Gasteiger partial charge is 0.123 e. The van der Waals surface area contributed by atoms with Crippen molar-refractivity contribution in [1.82, 2.24) is 5.32 Å². The van der Waals surface area contributed by atoms with Gasteiger partial charge in [-0.1, -0.05) is 23.7 Å². The second-order valence-corrected chi connectivity index (χ2v) is 6.53. The summed E-state index contributed by atoms with van der Waals surface area (Å²) < 4.78 is 11.3. The minimum atomic E-state index is 0.0637. The summed E-state index contributed by atoms with van der Waals surface area (Å²) in [5.41, 5.74) is 2.26. The van der Waals surface area contributed by atoms with E-state index in [4.69, 9.17) is 20.8 Å². The fourth-order valence-electron chi connectivity index (χ4n) is 1.86. The molecule has 1 heterocycles. The van der Waals surface area contributed by atoms with Crippen LogP contribution in [0.25, 0.3) is 0 Å². The Labute approximate surface area is 131 Å². The molecule has 0 bridgehead atoms. The summed E-state index contributed by atoms with van der Waals surface area (Å²) in [6, 6.07) is 9.65. The van der Waals surface area contributed by atoms with Crippen LogP contribution in [0.5, 0.6) is 0 Å². The molecule has 1 N–H and O–H groups in total. The van der Waals surface area contributed by atoms with E-state index in [1.54, 1.807) is 6.26 Å². The van der Waals surface area contributed by atoms with Crippen molar-refractivity contribution in [3.8, 4) is 0 Å². The van der Waals surface area contributed by atoms with E-state index in [-0.39, 0.29) is 5.54 Å². The van der Waals surface area contributed by atoms with Gasteiger partial charge in [-0.05, 0) is 44.5 Å². The van der Waals surface area contributed by atoms with Crippen molar-refractivity contribution in [3.63, 3.8) is 0 Å². The first-order chi connectivity index (χ1) is 9.94. The van der Waals surface area contributed by atoms with Crippen LogP contribution in [-0.2, 0) is 24.5 Å². The van der Waals surface area contributed by atoms with E-state index in [9.17, 15) is 0 Å². The normalized spacial score (nSPS) is 11.8. The number of halogens is 1. The monoisotopic (exact) mass is 307 g/mol. The third kappa shape index (κ3) is 5.54. The molecular weight excluding hydrogens is 286 g/mol. The number of furan rings is 1. The highest BCUT2D eigenvalue weighted by Crippen LogP contribution is 2.15. The summed E-state index contributed by atoms with van der Waals surface area (Å²) >= 11 is 5.86. The number of ether oxygens (including phenoxy) is 1. The molecule has 0 saturated carbocycles.